The third kappa shape index (κ3) is 19.1. The molecule has 39 nitrogen and oxygen atoms in total. The van der Waals surface area contributed by atoms with E-state index in [1.165, 1.54) is 0 Å². The van der Waals surface area contributed by atoms with Gasteiger partial charge < -0.3 is 48.9 Å². The minimum atomic E-state index is -0.0792. The Morgan fingerprint density at radius 1 is 0.373 bits per heavy atom. The molecule has 4 fully saturated rings. The number of nitrogens with two attached hydrogens (primary N) is 4. The van der Waals surface area contributed by atoms with Crippen LogP contribution in [-0.4, -0.2) is 168 Å². The van der Waals surface area contributed by atoms with Gasteiger partial charge in [0.2, 0.25) is 23.6 Å². The fourth-order valence-electron chi connectivity index (χ4n) is 18.0. The maximum atomic E-state index is 12.8. The number of carbonyl (C=O) groups excluding carboxylic acids is 4. The molecule has 0 saturated heterocycles. The molecule has 142 heavy (non-hydrogen) atoms. The maximum absolute atomic E-state index is 12.8. The highest BCUT2D eigenvalue weighted by atomic mass is 16.5. The summed E-state index contributed by atoms with van der Waals surface area (Å²) in [6.07, 6.45) is 35.8. The molecule has 12 N–H and O–H groups in total. The molecule has 0 bridgehead atoms. The fraction of sp³-hybridized carbons (Fsp3) is 0.233. The molecule has 0 radical (unpaired) electrons. The molecular formula is C103H100N34O5. The summed E-state index contributed by atoms with van der Waals surface area (Å²) in [6, 6.07) is 26.8. The van der Waals surface area contributed by atoms with Crippen LogP contribution in [-0.2, 0) is 66.2 Å². The van der Waals surface area contributed by atoms with Crippen molar-refractivity contribution in [2.45, 2.75) is 77.0 Å². The maximum Gasteiger partial charge on any atom is 0.229 e. The first-order valence-corrected chi connectivity index (χ1v) is 45.9. The SMILES string of the molecule is C=C(OC)c1cc(C)c(-c2cc3cc(NC(=O)[C@@H]4C[C@H]4c4cnn(C)c4)ncc3c(N)n2)cn1.C=C1c2nc(C)c(-c3cc4cc(NC(=O)[C@H]5C[C@@H]5c5cnn(C)c5)ncc4c(N)n3)cc2C=NN1C.Cc1cc(-c2ccn(C)n2)ncc1-c1cc2cc(NC(=O)[C@@H]3C[C@H]3c3cnn(C)c3)ncc2c(N)n1.Cc1cc(-c2ccn(C)n2)ncc1-c1cc2cc(NC(=O)[C@H]3C[C@@H]3c3cnn(C)c3)ncc2c(N)n1. The lowest BCUT2D eigenvalue weighted by atomic mass is 10.0. The van der Waals surface area contributed by atoms with Gasteiger partial charge in [-0.1, -0.05) is 13.2 Å². The zero-order valence-electron chi connectivity index (χ0n) is 79.8. The van der Waals surface area contributed by atoms with Gasteiger partial charge in [-0.25, -0.2) is 39.9 Å². The number of aromatic nitrogens is 24. The molecule has 4 aliphatic carbocycles. The van der Waals surface area contributed by atoms with Crippen molar-refractivity contribution in [2.24, 2.45) is 71.1 Å². The molecule has 19 heterocycles. The van der Waals surface area contributed by atoms with Crippen molar-refractivity contribution in [3.8, 4) is 67.8 Å². The van der Waals surface area contributed by atoms with Crippen LogP contribution in [0.1, 0.15) is 111 Å². The van der Waals surface area contributed by atoms with Gasteiger partial charge in [-0.3, -0.25) is 72.2 Å². The number of hydrogen-bond acceptors (Lipinski definition) is 29. The van der Waals surface area contributed by atoms with Crippen LogP contribution in [0.15, 0.2) is 209 Å². The second kappa shape index (κ2) is 37.1. The van der Waals surface area contributed by atoms with Crippen LogP contribution in [0.3, 0.4) is 0 Å². The van der Waals surface area contributed by atoms with Crippen molar-refractivity contribution in [2.75, 3.05) is 58.4 Å². The van der Waals surface area contributed by atoms with E-state index in [9.17, 15) is 19.2 Å². The van der Waals surface area contributed by atoms with Gasteiger partial charge in [0.25, 0.3) is 0 Å². The van der Waals surface area contributed by atoms with Gasteiger partial charge in [0, 0.05) is 209 Å². The van der Waals surface area contributed by atoms with E-state index < -0.39 is 0 Å². The van der Waals surface area contributed by atoms with E-state index in [0.29, 0.717) is 80.8 Å². The topological polar surface area (TPSA) is 507 Å². The normalized spacial score (nSPS) is 17.3. The Kier molecular flexibility index (Phi) is 24.0. The Morgan fingerprint density at radius 3 is 0.993 bits per heavy atom. The Morgan fingerprint density at radius 2 is 0.697 bits per heavy atom. The van der Waals surface area contributed by atoms with Gasteiger partial charge in [0.05, 0.1) is 83.7 Å². The second-order valence-corrected chi connectivity index (χ2v) is 36.6. The number of aryl methyl sites for hydroxylation is 10. The molecule has 18 aromatic rings. The van der Waals surface area contributed by atoms with Crippen LogP contribution in [0.25, 0.3) is 122 Å². The van der Waals surface area contributed by atoms with Crippen LogP contribution in [0.5, 0.6) is 0 Å². The fourth-order valence-corrected chi connectivity index (χ4v) is 18.0. The molecule has 0 unspecified atom stereocenters. The van der Waals surface area contributed by atoms with Crippen LogP contribution >= 0.6 is 0 Å². The lowest BCUT2D eigenvalue weighted by Gasteiger charge is -2.22. The molecule has 18 aromatic heterocycles. The predicted molar refractivity (Wildman–Crippen MR) is 543 cm³/mol. The highest BCUT2D eigenvalue weighted by Gasteiger charge is 2.48. The summed E-state index contributed by atoms with van der Waals surface area (Å²) in [5.41, 5.74) is 45.8. The number of nitrogen functional groups attached to an aromatic ring is 4. The van der Waals surface area contributed by atoms with Crippen LogP contribution in [0.4, 0.5) is 46.5 Å². The highest BCUT2D eigenvalue weighted by molar-refractivity contribution is 6.04. The van der Waals surface area contributed by atoms with Crippen molar-refractivity contribution in [3.63, 3.8) is 0 Å². The van der Waals surface area contributed by atoms with Crippen molar-refractivity contribution in [1.29, 1.82) is 0 Å². The van der Waals surface area contributed by atoms with Crippen LogP contribution in [0, 0.1) is 51.4 Å². The van der Waals surface area contributed by atoms with Gasteiger partial charge in [-0.15, -0.1) is 0 Å². The standard InChI is InChI=1S/3C26H25N9O.C25H25N7O2/c1-13-18(5-16-9-30-35(4)14(2)24(16)31-13)22-6-15-7-23(28-11-21(15)25(27)32-22)33-26(36)20-8-19(20)17-10-29-34(3)12-17;2*1-14-6-23(21-4-5-34(2)33-21)28-11-19(14)22-7-15-8-24(29-12-20(15)25(27)31-22)32-26(36)18-9-17(18)16-10-30-35(3)13-16;1-13-5-21(14(2)34-4)27-10-19(13)22-6-15-7-23(28-11-20(15)24(26)30-22)31-25(33)18-8-17(18)16-9-29-32(3)12-16/h5-7,9-12,19-20H,2,8H2,1,3-4H3,(H2,27,32)(H,28,33,36);2*4-8,10-13,17-18H,9H2,1-3H3,(H2,27,31)(H,29,32,36);5-7,9-12,17-18H,2,8H2,1,3-4H3,(H2,26,30)(H,28,31,33)/t19-,20+;3*17-,18+/m1100/s1. The molecule has 0 aromatic carbocycles. The van der Waals surface area contributed by atoms with E-state index in [1.54, 1.807) is 89.8 Å². The molecule has 4 saturated carbocycles. The number of anilines is 8. The van der Waals surface area contributed by atoms with Crippen LogP contribution < -0.4 is 44.2 Å². The lowest BCUT2D eigenvalue weighted by Crippen LogP contribution is -2.17. The van der Waals surface area contributed by atoms with Gasteiger partial charge in [0.15, 0.2) is 0 Å². The average molecular weight is 1890 g/mol. The summed E-state index contributed by atoms with van der Waals surface area (Å²) in [7, 11) is 14.7. The Bertz CT molecular complexity index is 7960. The first-order valence-electron chi connectivity index (χ1n) is 45.9. The molecule has 712 valence electrons. The third-order valence-corrected chi connectivity index (χ3v) is 26.3. The van der Waals surface area contributed by atoms with Gasteiger partial charge in [-0.2, -0.15) is 35.7 Å². The average Bonchev–Trinajstić information content (AvgIpc) is 1.71. The number of amides is 4. The molecule has 23 rings (SSSR count). The van der Waals surface area contributed by atoms with Crippen molar-refractivity contribution >= 4 is 131 Å². The molecular weight excluding hydrogens is 1790 g/mol. The first kappa shape index (κ1) is 91.7. The van der Waals surface area contributed by atoms with Gasteiger partial charge in [-0.05, 0) is 222 Å². The van der Waals surface area contributed by atoms with E-state index in [1.807, 2.05) is 224 Å². The van der Waals surface area contributed by atoms with Gasteiger partial charge >= 0.3 is 0 Å². The van der Waals surface area contributed by atoms with E-state index in [4.69, 9.17) is 32.7 Å². The summed E-state index contributed by atoms with van der Waals surface area (Å²) in [4.78, 5) is 106. The number of hydrogen-bond donors (Lipinski definition) is 8. The summed E-state index contributed by atoms with van der Waals surface area (Å²) in [5.74, 6) is 4.24. The summed E-state index contributed by atoms with van der Waals surface area (Å²) < 4.78 is 15.7. The van der Waals surface area contributed by atoms with Crippen molar-refractivity contribution < 1.29 is 23.9 Å². The van der Waals surface area contributed by atoms with E-state index in [-0.39, 0.29) is 71.0 Å². The number of rotatable bonds is 20. The van der Waals surface area contributed by atoms with Crippen molar-refractivity contribution in [1.82, 2.24) is 123 Å². The zero-order chi connectivity index (χ0) is 99.1. The Labute approximate surface area is 813 Å². The largest absolute Gasteiger partial charge is 0.495 e. The molecule has 39 heteroatoms. The van der Waals surface area contributed by atoms with Crippen molar-refractivity contribution in [3.05, 3.63) is 265 Å². The third-order valence-electron chi connectivity index (χ3n) is 26.3. The zero-order valence-corrected chi connectivity index (χ0v) is 79.8. The number of nitrogens with one attached hydrogen (secondary N) is 4. The highest BCUT2D eigenvalue weighted by Crippen LogP contribution is 2.52. The summed E-state index contributed by atoms with van der Waals surface area (Å²) in [6.45, 7) is 15.9. The summed E-state index contributed by atoms with van der Waals surface area (Å²) >= 11 is 0. The van der Waals surface area contributed by atoms with Gasteiger partial charge in [0.1, 0.15) is 69.4 Å². The Hall–Kier alpha value is -18.1. The van der Waals surface area contributed by atoms with E-state index >= 15 is 0 Å². The van der Waals surface area contributed by atoms with E-state index in [2.05, 4.69) is 125 Å². The monoisotopic (exact) mass is 1890 g/mol. The minimum absolute atomic E-state index is 0.0388. The smallest absolute Gasteiger partial charge is 0.229 e. The number of carbonyl (C=O) groups is 4. The quantitative estimate of drug-likeness (QED) is 0.0329. The first-order chi connectivity index (χ1) is 68.3. The molecule has 8 atom stereocenters. The molecule has 5 aliphatic rings. The van der Waals surface area contributed by atoms with E-state index in [0.717, 1.165) is 175 Å². The van der Waals surface area contributed by atoms with Crippen LogP contribution in [0.2, 0.25) is 0 Å². The number of fused-ring (bicyclic) bond motifs is 5. The number of ether oxygens (including phenoxy) is 1. The molecule has 0 spiro atoms. The number of pyridine rings is 12. The number of nitrogens with zero attached hydrogens (tertiary/aromatic N) is 26. The minimum Gasteiger partial charge on any atom is -0.495 e. The molecule has 4 amide bonds. The number of hydrazone groups is 1. The lowest BCUT2D eigenvalue weighted by molar-refractivity contribution is -0.118. The molecule has 1 aliphatic heterocycles. The Balaban J connectivity index is 0.000000116. The summed E-state index contributed by atoms with van der Waals surface area (Å²) in [5, 5.41) is 49.8. The second-order valence-electron chi connectivity index (χ2n) is 36.6. The predicted octanol–water partition coefficient (Wildman–Crippen LogP) is 13.9. The number of methoxy groups -OCH3 is 1.